The molecule has 0 radical (unpaired) electrons. The summed E-state index contributed by atoms with van der Waals surface area (Å²) in [5, 5.41) is 6.37. The minimum atomic E-state index is -0.120. The molecule has 0 bridgehead atoms. The van der Waals surface area contributed by atoms with Crippen LogP contribution < -0.4 is 10.6 Å². The highest BCUT2D eigenvalue weighted by Gasteiger charge is 2.33. The highest BCUT2D eigenvalue weighted by molar-refractivity contribution is 7.17. The fourth-order valence-corrected chi connectivity index (χ4v) is 3.20. The van der Waals surface area contributed by atoms with E-state index in [-0.39, 0.29) is 23.9 Å². The Morgan fingerprint density at radius 1 is 1.63 bits per heavy atom. The summed E-state index contributed by atoms with van der Waals surface area (Å²) in [6.45, 7) is 2.16. The van der Waals surface area contributed by atoms with Crippen LogP contribution in [0.15, 0.2) is 12.1 Å². The van der Waals surface area contributed by atoms with Crippen LogP contribution in [0.1, 0.15) is 22.5 Å². The molecular weight excluding hydrogens is 307 g/mol. The first-order valence-electron chi connectivity index (χ1n) is 5.93. The van der Waals surface area contributed by atoms with Gasteiger partial charge < -0.3 is 15.4 Å². The van der Waals surface area contributed by atoms with E-state index in [9.17, 15) is 4.79 Å². The molecule has 1 aromatic heterocycles. The van der Waals surface area contributed by atoms with Crippen molar-refractivity contribution in [1.29, 1.82) is 0 Å². The van der Waals surface area contributed by atoms with E-state index in [0.29, 0.717) is 22.4 Å². The third kappa shape index (κ3) is 4.33. The molecule has 0 aliphatic carbocycles. The summed E-state index contributed by atoms with van der Waals surface area (Å²) in [5.41, 5.74) is -0.120. The number of carbonyl (C=O) groups is 1. The Morgan fingerprint density at radius 2 is 2.42 bits per heavy atom. The van der Waals surface area contributed by atoms with Crippen molar-refractivity contribution >= 4 is 41.3 Å². The number of rotatable bonds is 5. The highest BCUT2D eigenvalue weighted by Crippen LogP contribution is 2.22. The minimum absolute atomic E-state index is 0. The van der Waals surface area contributed by atoms with Crippen LogP contribution in [-0.4, -0.2) is 38.3 Å². The maximum Gasteiger partial charge on any atom is 0.261 e. The second kappa shape index (κ2) is 7.45. The molecule has 1 aliphatic heterocycles. The maximum absolute atomic E-state index is 11.9. The standard InChI is InChI=1S/C12H17ClN2O2S.ClH/c1-17-8-12(5-2-6-15-12)7-14-11(16)9-3-4-10(13)18-9;/h3-4,15H,2,5-8H2,1H3,(H,14,16);1H. The zero-order valence-corrected chi connectivity index (χ0v) is 13.1. The van der Waals surface area contributed by atoms with Crippen LogP contribution in [0.4, 0.5) is 0 Å². The molecule has 4 nitrogen and oxygen atoms in total. The van der Waals surface area contributed by atoms with Crippen LogP contribution in [0.5, 0.6) is 0 Å². The Balaban J connectivity index is 0.00000180. The molecule has 2 heterocycles. The molecule has 1 aromatic rings. The van der Waals surface area contributed by atoms with Gasteiger partial charge in [-0.25, -0.2) is 0 Å². The third-order valence-corrected chi connectivity index (χ3v) is 4.37. The molecule has 1 atom stereocenters. The van der Waals surface area contributed by atoms with Gasteiger partial charge in [-0.2, -0.15) is 0 Å². The smallest absolute Gasteiger partial charge is 0.261 e. The fraction of sp³-hybridized carbons (Fsp3) is 0.583. The second-order valence-electron chi connectivity index (χ2n) is 4.53. The molecule has 1 fully saturated rings. The maximum atomic E-state index is 11.9. The van der Waals surface area contributed by atoms with Crippen molar-refractivity contribution in [2.75, 3.05) is 26.8 Å². The SMILES string of the molecule is COCC1(CNC(=O)c2ccc(Cl)s2)CCCN1.Cl. The summed E-state index contributed by atoms with van der Waals surface area (Å²) < 4.78 is 5.87. The molecule has 108 valence electrons. The average Bonchev–Trinajstić information content (AvgIpc) is 2.97. The zero-order chi connectivity index (χ0) is 13.0. The van der Waals surface area contributed by atoms with Gasteiger partial charge in [-0.15, -0.1) is 23.7 Å². The summed E-state index contributed by atoms with van der Waals surface area (Å²) in [4.78, 5) is 12.6. The van der Waals surface area contributed by atoms with Gasteiger partial charge in [-0.3, -0.25) is 4.79 Å². The molecule has 2 N–H and O–H groups in total. The van der Waals surface area contributed by atoms with E-state index in [0.717, 1.165) is 19.4 Å². The largest absolute Gasteiger partial charge is 0.383 e. The Bertz CT molecular complexity index is 420. The van der Waals surface area contributed by atoms with Crippen molar-refractivity contribution in [2.45, 2.75) is 18.4 Å². The molecule has 0 aromatic carbocycles. The van der Waals surface area contributed by atoms with Gasteiger partial charge in [-0.1, -0.05) is 11.6 Å². The lowest BCUT2D eigenvalue weighted by atomic mass is 9.98. The van der Waals surface area contributed by atoms with E-state index in [1.807, 2.05) is 0 Å². The molecule has 2 rings (SSSR count). The molecule has 1 aliphatic rings. The van der Waals surface area contributed by atoms with E-state index in [1.54, 1.807) is 19.2 Å². The van der Waals surface area contributed by atoms with Gasteiger partial charge in [0.15, 0.2) is 0 Å². The van der Waals surface area contributed by atoms with E-state index >= 15 is 0 Å². The monoisotopic (exact) mass is 324 g/mol. The van der Waals surface area contributed by atoms with Crippen molar-refractivity contribution in [3.05, 3.63) is 21.3 Å². The van der Waals surface area contributed by atoms with Crippen molar-refractivity contribution in [3.8, 4) is 0 Å². The Hall–Kier alpha value is -0.330. The van der Waals surface area contributed by atoms with Crippen molar-refractivity contribution in [3.63, 3.8) is 0 Å². The molecule has 1 unspecified atom stereocenters. The predicted octanol–water partition coefficient (Wildman–Crippen LogP) is 2.32. The average molecular weight is 325 g/mol. The summed E-state index contributed by atoms with van der Waals surface area (Å²) in [6.07, 6.45) is 2.14. The Morgan fingerprint density at radius 3 is 2.95 bits per heavy atom. The van der Waals surface area contributed by atoms with Gasteiger partial charge in [0.05, 0.1) is 21.4 Å². The summed E-state index contributed by atoms with van der Waals surface area (Å²) in [6, 6.07) is 3.48. The number of ether oxygens (including phenoxy) is 1. The van der Waals surface area contributed by atoms with Crippen LogP contribution in [0.25, 0.3) is 0 Å². The predicted molar refractivity (Wildman–Crippen MR) is 80.8 cm³/mol. The first-order chi connectivity index (χ1) is 8.65. The van der Waals surface area contributed by atoms with Crippen LogP contribution in [0.3, 0.4) is 0 Å². The Kier molecular flexibility index (Phi) is 6.56. The van der Waals surface area contributed by atoms with E-state index in [2.05, 4.69) is 10.6 Å². The van der Waals surface area contributed by atoms with Crippen molar-refractivity contribution in [2.24, 2.45) is 0 Å². The normalized spacial score (nSPS) is 22.0. The van der Waals surface area contributed by atoms with Gasteiger partial charge >= 0.3 is 0 Å². The topological polar surface area (TPSA) is 50.4 Å². The summed E-state index contributed by atoms with van der Waals surface area (Å²) in [7, 11) is 1.68. The number of carbonyl (C=O) groups excluding carboxylic acids is 1. The number of thiophene rings is 1. The number of halogens is 2. The highest BCUT2D eigenvalue weighted by atomic mass is 35.5. The van der Waals surface area contributed by atoms with Crippen molar-refractivity contribution in [1.82, 2.24) is 10.6 Å². The Labute approximate surface area is 128 Å². The zero-order valence-electron chi connectivity index (χ0n) is 10.7. The lowest BCUT2D eigenvalue weighted by Crippen LogP contribution is -2.52. The van der Waals surface area contributed by atoms with Crippen LogP contribution in [-0.2, 0) is 4.74 Å². The third-order valence-electron chi connectivity index (χ3n) is 3.14. The van der Waals surface area contributed by atoms with Gasteiger partial charge in [0.2, 0.25) is 0 Å². The van der Waals surface area contributed by atoms with Crippen LogP contribution in [0.2, 0.25) is 4.34 Å². The first-order valence-corrected chi connectivity index (χ1v) is 7.12. The number of amides is 1. The minimum Gasteiger partial charge on any atom is -0.383 e. The molecule has 0 saturated carbocycles. The molecule has 19 heavy (non-hydrogen) atoms. The number of methoxy groups -OCH3 is 1. The quantitative estimate of drug-likeness (QED) is 0.874. The van der Waals surface area contributed by atoms with E-state index in [4.69, 9.17) is 16.3 Å². The first kappa shape index (κ1) is 16.7. The van der Waals surface area contributed by atoms with Gasteiger partial charge in [0.1, 0.15) is 0 Å². The van der Waals surface area contributed by atoms with Crippen LogP contribution >= 0.6 is 35.3 Å². The summed E-state index contributed by atoms with van der Waals surface area (Å²) in [5.74, 6) is -0.0731. The molecule has 1 amide bonds. The second-order valence-corrected chi connectivity index (χ2v) is 6.25. The lowest BCUT2D eigenvalue weighted by molar-refractivity contribution is 0.0896. The van der Waals surface area contributed by atoms with Crippen molar-refractivity contribution < 1.29 is 9.53 Å². The number of hydrogen-bond acceptors (Lipinski definition) is 4. The molecular formula is C12H18Cl2N2O2S. The molecule has 7 heteroatoms. The van der Waals surface area contributed by atoms with E-state index < -0.39 is 0 Å². The number of nitrogens with one attached hydrogen (secondary N) is 2. The van der Waals surface area contributed by atoms with Gasteiger partial charge in [-0.05, 0) is 31.5 Å². The van der Waals surface area contributed by atoms with Gasteiger partial charge in [0, 0.05) is 13.7 Å². The lowest BCUT2D eigenvalue weighted by Gasteiger charge is -2.28. The van der Waals surface area contributed by atoms with E-state index in [1.165, 1.54) is 11.3 Å². The number of hydrogen-bond donors (Lipinski definition) is 2. The van der Waals surface area contributed by atoms with Crippen LogP contribution in [0, 0.1) is 0 Å². The molecule has 0 spiro atoms. The molecule has 1 saturated heterocycles. The fourth-order valence-electron chi connectivity index (χ4n) is 2.24. The van der Waals surface area contributed by atoms with Gasteiger partial charge in [0.25, 0.3) is 5.91 Å². The summed E-state index contributed by atoms with van der Waals surface area (Å²) >= 11 is 7.11.